The van der Waals surface area contributed by atoms with Crippen LogP contribution in [-0.2, 0) is 15.0 Å². The van der Waals surface area contributed by atoms with Gasteiger partial charge in [-0.05, 0) is 115 Å². The summed E-state index contributed by atoms with van der Waals surface area (Å²) in [5, 5.41) is 3.97. The fraction of sp³-hybridized carbons (Fsp3) is 0.300. The predicted molar refractivity (Wildman–Crippen MR) is 160 cm³/mol. The smallest absolute Gasteiger partial charge is 0.336 e. The molecule has 0 radical (unpaired) electrons. The highest BCUT2D eigenvalue weighted by molar-refractivity contribution is 9.11. The Hall–Kier alpha value is -3.17. The summed E-state index contributed by atoms with van der Waals surface area (Å²) in [6.07, 6.45) is 6.82. The quantitative estimate of drug-likeness (QED) is 0.0793. The Kier molecular flexibility index (Phi) is 10.3. The number of halogens is 2. The lowest BCUT2D eigenvalue weighted by Gasteiger charge is -2.33. The van der Waals surface area contributed by atoms with Gasteiger partial charge in [-0.15, -0.1) is 0 Å². The maximum absolute atomic E-state index is 12.3. The molecule has 1 aromatic heterocycles. The van der Waals surface area contributed by atoms with Crippen LogP contribution < -0.4 is 14.9 Å². The van der Waals surface area contributed by atoms with Gasteiger partial charge in [0, 0.05) is 6.08 Å². The maximum atomic E-state index is 12.3. The fourth-order valence-electron chi connectivity index (χ4n) is 4.17. The van der Waals surface area contributed by atoms with Crippen molar-refractivity contribution < 1.29 is 23.5 Å². The standard InChI is InChI=1S/C30H32Br2N2O5/c1-29(2,3)19-30(4,5)21-15-24(31)28(25(32)16-21)38-18-26(35)34-33-17-20-8-10-23(11-9-20)39-27(36)13-12-22-7-6-14-37-22/h6-17H,18-19H2,1-5H3,(H,34,35)/b13-12+,33-17+. The predicted octanol–water partition coefficient (Wildman–Crippen LogP) is 7.67. The van der Waals surface area contributed by atoms with Gasteiger partial charge < -0.3 is 13.9 Å². The van der Waals surface area contributed by atoms with E-state index in [4.69, 9.17) is 13.9 Å². The van der Waals surface area contributed by atoms with Gasteiger partial charge in [-0.25, -0.2) is 10.2 Å². The number of esters is 1. The highest BCUT2D eigenvalue weighted by Crippen LogP contribution is 2.42. The van der Waals surface area contributed by atoms with Crippen LogP contribution in [0.1, 0.15) is 57.9 Å². The van der Waals surface area contributed by atoms with Gasteiger partial charge in [0.1, 0.15) is 17.3 Å². The van der Waals surface area contributed by atoms with Crippen molar-refractivity contribution in [3.63, 3.8) is 0 Å². The number of furan rings is 1. The average molecular weight is 660 g/mol. The molecule has 9 heteroatoms. The molecular weight excluding hydrogens is 628 g/mol. The highest BCUT2D eigenvalue weighted by Gasteiger charge is 2.28. The number of ether oxygens (including phenoxy) is 2. The van der Waals surface area contributed by atoms with E-state index in [2.05, 4.69) is 77.0 Å². The van der Waals surface area contributed by atoms with Gasteiger partial charge in [-0.2, -0.15) is 5.10 Å². The number of hydrazone groups is 1. The molecule has 1 N–H and O–H groups in total. The van der Waals surface area contributed by atoms with E-state index in [0.29, 0.717) is 22.8 Å². The van der Waals surface area contributed by atoms with Crippen molar-refractivity contribution in [2.45, 2.75) is 46.5 Å². The van der Waals surface area contributed by atoms with Crippen LogP contribution in [0.2, 0.25) is 0 Å². The number of amides is 1. The number of nitrogens with one attached hydrogen (secondary N) is 1. The zero-order valence-corrected chi connectivity index (χ0v) is 25.8. The Morgan fingerprint density at radius 2 is 1.69 bits per heavy atom. The molecule has 7 nitrogen and oxygen atoms in total. The molecule has 0 aliphatic heterocycles. The highest BCUT2D eigenvalue weighted by atomic mass is 79.9. The van der Waals surface area contributed by atoms with Gasteiger partial charge >= 0.3 is 5.97 Å². The first-order valence-corrected chi connectivity index (χ1v) is 13.9. The summed E-state index contributed by atoms with van der Waals surface area (Å²) in [5.74, 6) is 0.550. The molecule has 206 valence electrons. The SMILES string of the molecule is CC(C)(C)CC(C)(C)c1cc(Br)c(OCC(=O)N/N=C/c2ccc(OC(=O)/C=C/c3ccco3)cc2)c(Br)c1. The minimum atomic E-state index is -0.526. The molecular formula is C30H32Br2N2O5. The number of hydrogen-bond acceptors (Lipinski definition) is 6. The summed E-state index contributed by atoms with van der Waals surface area (Å²) in [6.45, 7) is 10.9. The van der Waals surface area contributed by atoms with E-state index in [1.54, 1.807) is 36.4 Å². The zero-order valence-electron chi connectivity index (χ0n) is 22.6. The Morgan fingerprint density at radius 1 is 1.03 bits per heavy atom. The van der Waals surface area contributed by atoms with Crippen LogP contribution in [0.15, 0.2) is 79.3 Å². The maximum Gasteiger partial charge on any atom is 0.336 e. The van der Waals surface area contributed by atoms with Gasteiger partial charge in [0.15, 0.2) is 6.61 Å². The fourth-order valence-corrected chi connectivity index (χ4v) is 5.59. The number of hydrogen-bond donors (Lipinski definition) is 1. The first-order chi connectivity index (χ1) is 18.3. The Labute approximate surface area is 245 Å². The third kappa shape index (κ3) is 9.82. The summed E-state index contributed by atoms with van der Waals surface area (Å²) in [4.78, 5) is 24.2. The first kappa shape index (κ1) is 30.4. The largest absolute Gasteiger partial charge is 0.481 e. The normalized spacial score (nSPS) is 12.2. The summed E-state index contributed by atoms with van der Waals surface area (Å²) in [7, 11) is 0. The number of nitrogens with zero attached hydrogens (tertiary/aromatic N) is 1. The summed E-state index contributed by atoms with van der Waals surface area (Å²) in [5.41, 5.74) is 4.48. The van der Waals surface area contributed by atoms with Crippen LogP contribution in [0.4, 0.5) is 0 Å². The van der Waals surface area contributed by atoms with Crippen molar-refractivity contribution in [2.75, 3.05) is 6.61 Å². The van der Waals surface area contributed by atoms with Crippen molar-refractivity contribution in [3.05, 3.63) is 86.7 Å². The van der Waals surface area contributed by atoms with Crippen LogP contribution in [0, 0.1) is 5.41 Å². The van der Waals surface area contributed by atoms with Crippen LogP contribution in [-0.4, -0.2) is 24.7 Å². The molecule has 0 spiro atoms. The molecule has 0 saturated heterocycles. The first-order valence-electron chi connectivity index (χ1n) is 12.3. The third-order valence-electron chi connectivity index (χ3n) is 5.53. The minimum Gasteiger partial charge on any atom is -0.481 e. The van der Waals surface area contributed by atoms with E-state index >= 15 is 0 Å². The van der Waals surface area contributed by atoms with Gasteiger partial charge in [0.05, 0.1) is 21.4 Å². The number of carbonyl (C=O) groups excluding carboxylic acids is 2. The van der Waals surface area contributed by atoms with Crippen molar-refractivity contribution in [1.82, 2.24) is 5.43 Å². The molecule has 0 bridgehead atoms. The van der Waals surface area contributed by atoms with Crippen LogP contribution >= 0.6 is 31.9 Å². The Bertz CT molecular complexity index is 1320. The van der Waals surface area contributed by atoms with E-state index in [0.717, 1.165) is 15.4 Å². The molecule has 1 amide bonds. The van der Waals surface area contributed by atoms with E-state index in [-0.39, 0.29) is 17.4 Å². The van der Waals surface area contributed by atoms with Crippen molar-refractivity contribution in [3.8, 4) is 11.5 Å². The third-order valence-corrected chi connectivity index (χ3v) is 6.71. The molecule has 3 rings (SSSR count). The summed E-state index contributed by atoms with van der Waals surface area (Å²) < 4.78 is 17.7. The van der Waals surface area contributed by atoms with E-state index in [9.17, 15) is 9.59 Å². The minimum absolute atomic E-state index is 0.0365. The molecule has 0 aliphatic rings. The molecule has 3 aromatic rings. The van der Waals surface area contributed by atoms with Crippen LogP contribution in [0.3, 0.4) is 0 Å². The second kappa shape index (κ2) is 13.3. The number of benzene rings is 2. The van der Waals surface area contributed by atoms with Crippen molar-refractivity contribution in [2.24, 2.45) is 10.5 Å². The van der Waals surface area contributed by atoms with Crippen LogP contribution in [0.25, 0.3) is 6.08 Å². The molecule has 0 atom stereocenters. The molecule has 2 aromatic carbocycles. The average Bonchev–Trinajstić information content (AvgIpc) is 3.35. The Morgan fingerprint density at radius 3 is 2.28 bits per heavy atom. The molecule has 0 saturated carbocycles. The van der Waals surface area contributed by atoms with Crippen LogP contribution in [0.5, 0.6) is 11.5 Å². The van der Waals surface area contributed by atoms with Crippen molar-refractivity contribution >= 4 is 56.0 Å². The molecule has 0 unspecified atom stereocenters. The lowest BCUT2D eigenvalue weighted by molar-refractivity contribution is -0.129. The zero-order chi connectivity index (χ0) is 28.6. The lowest BCUT2D eigenvalue weighted by atomic mass is 9.72. The summed E-state index contributed by atoms with van der Waals surface area (Å²) in [6, 6.07) is 14.2. The molecule has 1 heterocycles. The van der Waals surface area contributed by atoms with Gasteiger partial charge in [-0.1, -0.05) is 34.6 Å². The Balaban J connectivity index is 1.49. The second-order valence-corrected chi connectivity index (χ2v) is 12.5. The van der Waals surface area contributed by atoms with Gasteiger partial charge in [0.2, 0.25) is 0 Å². The van der Waals surface area contributed by atoms with E-state index in [1.807, 2.05) is 12.1 Å². The van der Waals surface area contributed by atoms with E-state index < -0.39 is 11.9 Å². The topological polar surface area (TPSA) is 90.1 Å². The van der Waals surface area contributed by atoms with E-state index in [1.165, 1.54) is 30.2 Å². The monoisotopic (exact) mass is 658 g/mol. The molecule has 39 heavy (non-hydrogen) atoms. The van der Waals surface area contributed by atoms with Gasteiger partial charge in [0.25, 0.3) is 5.91 Å². The van der Waals surface area contributed by atoms with Crippen molar-refractivity contribution in [1.29, 1.82) is 0 Å². The second-order valence-electron chi connectivity index (χ2n) is 10.8. The lowest BCUT2D eigenvalue weighted by Crippen LogP contribution is -2.26. The van der Waals surface area contributed by atoms with Gasteiger partial charge in [-0.3, -0.25) is 4.79 Å². The molecule has 0 aliphatic carbocycles. The molecule has 0 fully saturated rings. The summed E-state index contributed by atoms with van der Waals surface area (Å²) >= 11 is 7.17. The number of carbonyl (C=O) groups is 2. The number of rotatable bonds is 10.